The van der Waals surface area contributed by atoms with Crippen molar-refractivity contribution in [1.29, 1.82) is 0 Å². The molecule has 0 bridgehead atoms. The molecule has 142 valence electrons. The first-order valence-corrected chi connectivity index (χ1v) is 10.6. The Morgan fingerprint density at radius 1 is 1.07 bits per heavy atom. The molecule has 3 rings (SSSR count). The third kappa shape index (κ3) is 5.05. The van der Waals surface area contributed by atoms with E-state index < -0.39 is 0 Å². The number of ether oxygens (including phenoxy) is 1. The van der Waals surface area contributed by atoms with Crippen molar-refractivity contribution in [3.8, 4) is 0 Å². The minimum absolute atomic E-state index is 0.00895. The van der Waals surface area contributed by atoms with Gasteiger partial charge in [0, 0.05) is 34.8 Å². The molecule has 1 saturated heterocycles. The fourth-order valence-electron chi connectivity index (χ4n) is 2.86. The fraction of sp³-hybridized carbons (Fsp3) is 0.300. The molecule has 1 aliphatic rings. The molecule has 1 aliphatic heterocycles. The number of esters is 1. The number of methoxy groups -OCH3 is 1. The van der Waals surface area contributed by atoms with Gasteiger partial charge in [0.1, 0.15) is 0 Å². The van der Waals surface area contributed by atoms with Gasteiger partial charge >= 0.3 is 12.0 Å². The lowest BCUT2D eigenvalue weighted by Gasteiger charge is -2.33. The van der Waals surface area contributed by atoms with E-state index in [4.69, 9.17) is 4.74 Å². The highest BCUT2D eigenvalue weighted by Gasteiger charge is 2.24. The lowest BCUT2D eigenvalue weighted by atomic mass is 10.1. The predicted molar refractivity (Wildman–Crippen MR) is 112 cm³/mol. The molecule has 0 radical (unpaired) electrons. The molecule has 0 N–H and O–H groups in total. The Bertz CT molecular complexity index is 790. The molecule has 0 aromatic heterocycles. The van der Waals surface area contributed by atoms with E-state index >= 15 is 0 Å². The summed E-state index contributed by atoms with van der Waals surface area (Å²) in [5, 5.41) is 0. The maximum Gasteiger partial charge on any atom is 0.337 e. The number of rotatable bonds is 4. The van der Waals surface area contributed by atoms with Crippen LogP contribution in [-0.4, -0.2) is 48.6 Å². The van der Waals surface area contributed by atoms with Gasteiger partial charge in [0.2, 0.25) is 0 Å². The third-order valence-electron chi connectivity index (χ3n) is 4.37. The summed E-state index contributed by atoms with van der Waals surface area (Å²) in [4.78, 5) is 28.5. The van der Waals surface area contributed by atoms with Gasteiger partial charge in [-0.05, 0) is 42.0 Å². The van der Waals surface area contributed by atoms with Gasteiger partial charge in [0.15, 0.2) is 0 Å². The normalized spacial score (nSPS) is 13.9. The van der Waals surface area contributed by atoms with Gasteiger partial charge < -0.3 is 9.64 Å². The largest absolute Gasteiger partial charge is 0.465 e. The lowest BCUT2D eigenvalue weighted by molar-refractivity contribution is 0.0600. The minimum Gasteiger partial charge on any atom is -0.465 e. The second-order valence-corrected chi connectivity index (χ2v) is 8.27. The van der Waals surface area contributed by atoms with E-state index in [0.717, 1.165) is 40.3 Å². The van der Waals surface area contributed by atoms with Crippen molar-refractivity contribution in [3.05, 3.63) is 64.1 Å². The first-order valence-electron chi connectivity index (χ1n) is 8.65. The van der Waals surface area contributed by atoms with Gasteiger partial charge in [0.05, 0.1) is 19.2 Å². The van der Waals surface area contributed by atoms with Gasteiger partial charge in [-0.1, -0.05) is 28.1 Å². The summed E-state index contributed by atoms with van der Waals surface area (Å²) in [7, 11) is 1.36. The SMILES string of the molecule is COC(=O)c1ccc(CN(C(=O)N2CCSCC2)c2ccc(Br)cc2)cc1. The predicted octanol–water partition coefficient (Wildman–Crippen LogP) is 4.41. The first kappa shape index (κ1) is 19.8. The number of hydrogen-bond donors (Lipinski definition) is 0. The Balaban J connectivity index is 1.83. The van der Waals surface area contributed by atoms with Crippen LogP contribution >= 0.6 is 27.7 Å². The molecule has 27 heavy (non-hydrogen) atoms. The number of urea groups is 1. The number of thioether (sulfide) groups is 1. The molecule has 1 fully saturated rings. The van der Waals surface area contributed by atoms with E-state index in [1.54, 1.807) is 17.0 Å². The van der Waals surface area contributed by atoms with Crippen LogP contribution in [0.3, 0.4) is 0 Å². The standard InChI is InChI=1S/C20H21BrN2O3S/c1-26-19(24)16-4-2-15(3-5-16)14-23(18-8-6-17(21)7-9-18)20(25)22-10-12-27-13-11-22/h2-9H,10-14H2,1H3. The van der Waals surface area contributed by atoms with E-state index in [2.05, 4.69) is 15.9 Å². The highest BCUT2D eigenvalue weighted by molar-refractivity contribution is 9.10. The number of carbonyl (C=O) groups is 2. The van der Waals surface area contributed by atoms with Gasteiger partial charge in [-0.3, -0.25) is 4.90 Å². The van der Waals surface area contributed by atoms with Gasteiger partial charge in [-0.15, -0.1) is 0 Å². The topological polar surface area (TPSA) is 49.9 Å². The maximum atomic E-state index is 13.2. The summed E-state index contributed by atoms with van der Waals surface area (Å²) in [5.74, 6) is 1.56. The van der Waals surface area contributed by atoms with E-state index in [1.807, 2.05) is 53.1 Å². The Labute approximate surface area is 171 Å². The molecule has 0 spiro atoms. The molecular weight excluding hydrogens is 428 g/mol. The molecular formula is C20H21BrN2O3S. The van der Waals surface area contributed by atoms with Crippen molar-refractivity contribution in [2.45, 2.75) is 6.54 Å². The summed E-state index contributed by atoms with van der Waals surface area (Å²) in [6.07, 6.45) is 0. The van der Waals surface area contributed by atoms with Crippen LogP contribution in [0.25, 0.3) is 0 Å². The molecule has 0 aliphatic carbocycles. The number of anilines is 1. The second-order valence-electron chi connectivity index (χ2n) is 6.13. The molecule has 2 aromatic carbocycles. The molecule has 0 atom stereocenters. The van der Waals surface area contributed by atoms with Crippen LogP contribution in [0.1, 0.15) is 15.9 Å². The Hall–Kier alpha value is -1.99. The molecule has 0 unspecified atom stereocenters. The summed E-state index contributed by atoms with van der Waals surface area (Å²) in [5.41, 5.74) is 2.29. The van der Waals surface area contributed by atoms with E-state index in [-0.39, 0.29) is 12.0 Å². The van der Waals surface area contributed by atoms with E-state index in [1.165, 1.54) is 7.11 Å². The van der Waals surface area contributed by atoms with Crippen molar-refractivity contribution in [2.24, 2.45) is 0 Å². The smallest absolute Gasteiger partial charge is 0.337 e. The summed E-state index contributed by atoms with van der Waals surface area (Å²) >= 11 is 5.32. The molecule has 2 aromatic rings. The molecule has 5 nitrogen and oxygen atoms in total. The summed E-state index contributed by atoms with van der Waals surface area (Å²) in [6, 6.07) is 14.9. The number of amides is 2. The van der Waals surface area contributed by atoms with Crippen LogP contribution in [-0.2, 0) is 11.3 Å². The average Bonchev–Trinajstić information content (AvgIpc) is 2.73. The van der Waals surface area contributed by atoms with E-state index in [9.17, 15) is 9.59 Å². The zero-order valence-electron chi connectivity index (χ0n) is 15.1. The summed E-state index contributed by atoms with van der Waals surface area (Å²) in [6.45, 7) is 1.96. The van der Waals surface area contributed by atoms with Crippen LogP contribution in [0, 0.1) is 0 Å². The van der Waals surface area contributed by atoms with Crippen molar-refractivity contribution in [1.82, 2.24) is 4.90 Å². The van der Waals surface area contributed by atoms with Crippen LogP contribution in [0.5, 0.6) is 0 Å². The third-order valence-corrected chi connectivity index (χ3v) is 5.84. The van der Waals surface area contributed by atoms with Crippen LogP contribution in [0.15, 0.2) is 53.0 Å². The fourth-order valence-corrected chi connectivity index (χ4v) is 4.03. The van der Waals surface area contributed by atoms with Gasteiger partial charge in [-0.2, -0.15) is 11.8 Å². The van der Waals surface area contributed by atoms with Crippen LogP contribution in [0.2, 0.25) is 0 Å². The number of halogens is 1. The zero-order valence-corrected chi connectivity index (χ0v) is 17.5. The highest BCUT2D eigenvalue weighted by Crippen LogP contribution is 2.23. The van der Waals surface area contributed by atoms with Crippen molar-refractivity contribution in [2.75, 3.05) is 36.6 Å². The summed E-state index contributed by atoms with van der Waals surface area (Å²) < 4.78 is 5.71. The molecule has 7 heteroatoms. The monoisotopic (exact) mass is 448 g/mol. The maximum absolute atomic E-state index is 13.2. The first-order chi connectivity index (χ1) is 13.1. The van der Waals surface area contributed by atoms with Crippen molar-refractivity contribution >= 4 is 45.4 Å². The molecule has 0 saturated carbocycles. The second kappa shape index (κ2) is 9.28. The Morgan fingerprint density at radius 3 is 2.30 bits per heavy atom. The highest BCUT2D eigenvalue weighted by atomic mass is 79.9. The lowest BCUT2D eigenvalue weighted by Crippen LogP contribution is -2.46. The number of hydrogen-bond acceptors (Lipinski definition) is 4. The molecule has 1 heterocycles. The molecule has 2 amide bonds. The Morgan fingerprint density at radius 2 is 1.70 bits per heavy atom. The van der Waals surface area contributed by atoms with Crippen LogP contribution in [0.4, 0.5) is 10.5 Å². The number of benzene rings is 2. The Kier molecular flexibility index (Phi) is 6.79. The average molecular weight is 449 g/mol. The quantitative estimate of drug-likeness (QED) is 0.649. The zero-order chi connectivity index (χ0) is 19.2. The number of nitrogens with zero attached hydrogens (tertiary/aromatic N) is 2. The van der Waals surface area contributed by atoms with Crippen LogP contribution < -0.4 is 4.90 Å². The van der Waals surface area contributed by atoms with Crippen molar-refractivity contribution in [3.63, 3.8) is 0 Å². The van der Waals surface area contributed by atoms with Gasteiger partial charge in [-0.25, -0.2) is 9.59 Å². The van der Waals surface area contributed by atoms with Crippen molar-refractivity contribution < 1.29 is 14.3 Å². The van der Waals surface area contributed by atoms with E-state index in [0.29, 0.717) is 12.1 Å². The number of carbonyl (C=O) groups excluding carboxylic acids is 2. The van der Waals surface area contributed by atoms with Gasteiger partial charge in [0.25, 0.3) is 0 Å². The minimum atomic E-state index is -0.367.